The molecule has 0 saturated carbocycles. The molecule has 156 valence electrons. The number of hydrogen-bond acceptors (Lipinski definition) is 8. The third kappa shape index (κ3) is 4.52. The number of rotatable bonds is 8. The number of ether oxygens (including phenoxy) is 1. The second-order valence-electron chi connectivity index (χ2n) is 7.13. The van der Waals surface area contributed by atoms with Crippen LogP contribution >= 0.6 is 23.1 Å². The highest BCUT2D eigenvalue weighted by Crippen LogP contribution is 2.36. The van der Waals surface area contributed by atoms with Crippen LogP contribution in [0.15, 0.2) is 45.2 Å². The SMILES string of the molecule is COc1cc2c(cc1NC(=O)CSc1nnc(NCC(C)C)s1)oc1ccccc12. The first-order valence-corrected chi connectivity index (χ1v) is 11.3. The van der Waals surface area contributed by atoms with E-state index in [4.69, 9.17) is 9.15 Å². The molecule has 2 aromatic heterocycles. The van der Waals surface area contributed by atoms with Crippen molar-refractivity contribution in [2.45, 2.75) is 18.2 Å². The molecule has 0 atom stereocenters. The Balaban J connectivity index is 1.44. The van der Waals surface area contributed by atoms with Crippen molar-refractivity contribution in [2.75, 3.05) is 30.0 Å². The number of aromatic nitrogens is 2. The average molecular weight is 443 g/mol. The number of para-hydroxylation sites is 1. The molecule has 0 spiro atoms. The zero-order valence-electron chi connectivity index (χ0n) is 16.9. The highest BCUT2D eigenvalue weighted by atomic mass is 32.2. The summed E-state index contributed by atoms with van der Waals surface area (Å²) in [6.07, 6.45) is 0. The average Bonchev–Trinajstić information content (AvgIpc) is 3.34. The predicted octanol–water partition coefficient (Wildman–Crippen LogP) is 5.24. The normalized spacial score (nSPS) is 11.3. The summed E-state index contributed by atoms with van der Waals surface area (Å²) in [6.45, 7) is 5.10. The van der Waals surface area contributed by atoms with Crippen LogP contribution in [0.25, 0.3) is 21.9 Å². The molecule has 4 rings (SSSR count). The van der Waals surface area contributed by atoms with Crippen LogP contribution in [0, 0.1) is 5.92 Å². The molecule has 2 heterocycles. The molecule has 0 aliphatic carbocycles. The quantitative estimate of drug-likeness (QED) is 0.361. The highest BCUT2D eigenvalue weighted by Gasteiger charge is 2.15. The summed E-state index contributed by atoms with van der Waals surface area (Å²) in [7, 11) is 1.58. The van der Waals surface area contributed by atoms with Gasteiger partial charge in [0.2, 0.25) is 11.0 Å². The molecule has 9 heteroatoms. The Morgan fingerprint density at radius 1 is 1.20 bits per heavy atom. The molecule has 0 aliphatic heterocycles. The summed E-state index contributed by atoms with van der Waals surface area (Å²) in [5.41, 5.74) is 2.07. The Morgan fingerprint density at radius 2 is 2.03 bits per heavy atom. The van der Waals surface area contributed by atoms with Crippen LogP contribution in [0.5, 0.6) is 5.75 Å². The number of thioether (sulfide) groups is 1. The van der Waals surface area contributed by atoms with Gasteiger partial charge < -0.3 is 19.8 Å². The number of hydrogen-bond donors (Lipinski definition) is 2. The lowest BCUT2D eigenvalue weighted by Gasteiger charge is -2.10. The second-order valence-corrected chi connectivity index (χ2v) is 9.33. The van der Waals surface area contributed by atoms with E-state index in [0.29, 0.717) is 22.9 Å². The van der Waals surface area contributed by atoms with Gasteiger partial charge in [0.1, 0.15) is 16.9 Å². The zero-order chi connectivity index (χ0) is 21.1. The van der Waals surface area contributed by atoms with E-state index in [9.17, 15) is 4.79 Å². The van der Waals surface area contributed by atoms with Crippen molar-refractivity contribution in [3.63, 3.8) is 0 Å². The van der Waals surface area contributed by atoms with Crippen LogP contribution in [-0.4, -0.2) is 35.5 Å². The van der Waals surface area contributed by atoms with Gasteiger partial charge in [-0.25, -0.2) is 0 Å². The second kappa shape index (κ2) is 8.93. The first-order chi connectivity index (χ1) is 14.5. The van der Waals surface area contributed by atoms with Gasteiger partial charge in [-0.2, -0.15) is 0 Å². The molecule has 2 N–H and O–H groups in total. The first-order valence-electron chi connectivity index (χ1n) is 9.53. The van der Waals surface area contributed by atoms with Crippen LogP contribution in [-0.2, 0) is 4.79 Å². The van der Waals surface area contributed by atoms with Crippen LogP contribution in [0.4, 0.5) is 10.8 Å². The molecular formula is C21H22N4O3S2. The van der Waals surface area contributed by atoms with Gasteiger partial charge in [-0.1, -0.05) is 55.1 Å². The van der Waals surface area contributed by atoms with Gasteiger partial charge in [0.25, 0.3) is 0 Å². The minimum absolute atomic E-state index is 0.152. The minimum Gasteiger partial charge on any atom is -0.495 e. The summed E-state index contributed by atoms with van der Waals surface area (Å²) in [6, 6.07) is 11.5. The van der Waals surface area contributed by atoms with E-state index >= 15 is 0 Å². The lowest BCUT2D eigenvalue weighted by Crippen LogP contribution is -2.14. The van der Waals surface area contributed by atoms with Crippen molar-refractivity contribution in [1.82, 2.24) is 10.2 Å². The standard InChI is InChI=1S/C21H22N4O3S2/c1-12(2)10-22-20-24-25-21(30-20)29-11-19(26)23-15-9-17-14(8-18(15)27-3)13-6-4-5-7-16(13)28-17/h4-9,12H,10-11H2,1-3H3,(H,22,24)(H,23,26). The summed E-state index contributed by atoms with van der Waals surface area (Å²) in [5, 5.41) is 17.1. The monoisotopic (exact) mass is 442 g/mol. The number of amides is 1. The maximum Gasteiger partial charge on any atom is 0.234 e. The number of carbonyl (C=O) groups is 1. The number of nitrogens with one attached hydrogen (secondary N) is 2. The third-order valence-corrected chi connectivity index (χ3v) is 6.38. The van der Waals surface area contributed by atoms with Gasteiger partial charge in [-0.15, -0.1) is 10.2 Å². The lowest BCUT2D eigenvalue weighted by molar-refractivity contribution is -0.113. The van der Waals surface area contributed by atoms with Crippen molar-refractivity contribution < 1.29 is 13.9 Å². The van der Waals surface area contributed by atoms with E-state index in [-0.39, 0.29) is 11.7 Å². The Kier molecular flexibility index (Phi) is 6.10. The van der Waals surface area contributed by atoms with Gasteiger partial charge in [-0.05, 0) is 18.1 Å². The third-order valence-electron chi connectivity index (χ3n) is 4.37. The van der Waals surface area contributed by atoms with E-state index in [0.717, 1.165) is 32.4 Å². The fourth-order valence-electron chi connectivity index (χ4n) is 2.96. The largest absolute Gasteiger partial charge is 0.495 e. The number of benzene rings is 2. The molecule has 0 aliphatic rings. The number of methoxy groups -OCH3 is 1. The van der Waals surface area contributed by atoms with E-state index < -0.39 is 0 Å². The van der Waals surface area contributed by atoms with Crippen molar-refractivity contribution in [1.29, 1.82) is 0 Å². The Morgan fingerprint density at radius 3 is 2.83 bits per heavy atom. The van der Waals surface area contributed by atoms with Crippen LogP contribution < -0.4 is 15.4 Å². The number of furan rings is 1. The molecule has 1 amide bonds. The molecule has 0 fully saturated rings. The number of anilines is 2. The predicted molar refractivity (Wildman–Crippen MR) is 123 cm³/mol. The van der Waals surface area contributed by atoms with Gasteiger partial charge >= 0.3 is 0 Å². The van der Waals surface area contributed by atoms with Crippen LogP contribution in [0.1, 0.15) is 13.8 Å². The minimum atomic E-state index is -0.152. The summed E-state index contributed by atoms with van der Waals surface area (Å²) in [4.78, 5) is 12.5. The molecule has 2 aromatic carbocycles. The highest BCUT2D eigenvalue weighted by molar-refractivity contribution is 8.01. The van der Waals surface area contributed by atoms with Crippen molar-refractivity contribution in [3.8, 4) is 5.75 Å². The smallest absolute Gasteiger partial charge is 0.234 e. The first kappa shape index (κ1) is 20.5. The van der Waals surface area contributed by atoms with Crippen molar-refractivity contribution >= 4 is 61.8 Å². The van der Waals surface area contributed by atoms with Crippen LogP contribution in [0.2, 0.25) is 0 Å². The molecule has 30 heavy (non-hydrogen) atoms. The fraction of sp³-hybridized carbons (Fsp3) is 0.286. The maximum atomic E-state index is 12.5. The van der Waals surface area contributed by atoms with E-state index in [1.807, 2.05) is 30.3 Å². The lowest BCUT2D eigenvalue weighted by atomic mass is 10.1. The van der Waals surface area contributed by atoms with Crippen molar-refractivity contribution in [2.24, 2.45) is 5.92 Å². The van der Waals surface area contributed by atoms with E-state index in [2.05, 4.69) is 34.7 Å². The van der Waals surface area contributed by atoms with Gasteiger partial charge in [0.15, 0.2) is 4.34 Å². The summed E-state index contributed by atoms with van der Waals surface area (Å²) in [5.74, 6) is 1.18. The van der Waals surface area contributed by atoms with E-state index in [1.54, 1.807) is 13.2 Å². The van der Waals surface area contributed by atoms with Gasteiger partial charge in [0.05, 0.1) is 18.6 Å². The van der Waals surface area contributed by atoms with E-state index in [1.165, 1.54) is 23.1 Å². The van der Waals surface area contributed by atoms with Crippen molar-refractivity contribution in [3.05, 3.63) is 36.4 Å². The molecule has 0 unspecified atom stereocenters. The summed E-state index contributed by atoms with van der Waals surface area (Å²) >= 11 is 2.80. The number of fused-ring (bicyclic) bond motifs is 3. The Bertz CT molecular complexity index is 1190. The number of carbonyl (C=O) groups excluding carboxylic acids is 1. The fourth-order valence-corrected chi connectivity index (χ4v) is 4.52. The maximum absolute atomic E-state index is 12.5. The summed E-state index contributed by atoms with van der Waals surface area (Å²) < 4.78 is 12.1. The van der Waals surface area contributed by atoms with Gasteiger partial charge in [-0.3, -0.25) is 4.79 Å². The Hall–Kier alpha value is -2.78. The molecule has 0 saturated heterocycles. The zero-order valence-corrected chi connectivity index (χ0v) is 18.5. The van der Waals surface area contributed by atoms with Crippen LogP contribution in [0.3, 0.4) is 0 Å². The topological polar surface area (TPSA) is 89.3 Å². The number of nitrogens with zero attached hydrogens (tertiary/aromatic N) is 2. The van der Waals surface area contributed by atoms with Gasteiger partial charge in [0, 0.05) is 23.4 Å². The molecule has 7 nitrogen and oxygen atoms in total. The molecule has 4 aromatic rings. The molecule has 0 radical (unpaired) electrons. The Labute approximate surface area is 182 Å². The molecular weight excluding hydrogens is 420 g/mol. The molecule has 0 bridgehead atoms.